The molecule has 2 heterocycles. The molecule has 0 bridgehead atoms. The zero-order valence-electron chi connectivity index (χ0n) is 16.2. The highest BCUT2D eigenvalue weighted by molar-refractivity contribution is 6.36. The molecule has 2 aliphatic heterocycles. The van der Waals surface area contributed by atoms with Gasteiger partial charge < -0.3 is 9.80 Å². The maximum Gasteiger partial charge on any atom is 0.255 e. The van der Waals surface area contributed by atoms with E-state index in [4.69, 9.17) is 23.2 Å². The average molecular weight is 436 g/mol. The number of para-hydroxylation sites is 1. The Balaban J connectivity index is 1.38. The summed E-state index contributed by atoms with van der Waals surface area (Å²) in [4.78, 5) is 19.4. The van der Waals surface area contributed by atoms with Crippen LogP contribution in [0.15, 0.2) is 42.5 Å². The summed E-state index contributed by atoms with van der Waals surface area (Å²) < 4.78 is 14.1. The van der Waals surface area contributed by atoms with Gasteiger partial charge in [0.25, 0.3) is 5.91 Å². The second kappa shape index (κ2) is 8.90. The zero-order chi connectivity index (χ0) is 20.4. The number of likely N-dealkylation sites (tertiary alicyclic amines) is 1. The highest BCUT2D eigenvalue weighted by Crippen LogP contribution is 2.26. The summed E-state index contributed by atoms with van der Waals surface area (Å²) in [6.45, 7) is 4.73. The number of hydrogen-bond donors (Lipinski definition) is 0. The van der Waals surface area contributed by atoms with Crippen molar-refractivity contribution in [1.29, 1.82) is 0 Å². The van der Waals surface area contributed by atoms with Crippen LogP contribution in [0.5, 0.6) is 0 Å². The fourth-order valence-corrected chi connectivity index (χ4v) is 4.80. The Morgan fingerprint density at radius 1 is 1.00 bits per heavy atom. The molecule has 29 heavy (non-hydrogen) atoms. The van der Waals surface area contributed by atoms with Crippen LogP contribution in [0.1, 0.15) is 23.2 Å². The molecular formula is C22H24Cl2FN3O. The Hall–Kier alpha value is -1.82. The van der Waals surface area contributed by atoms with Crippen LogP contribution in [-0.4, -0.2) is 61.0 Å². The minimum Gasteiger partial charge on any atom is -0.367 e. The predicted octanol–water partition coefficient (Wildman–Crippen LogP) is 4.56. The number of nitrogens with zero attached hydrogens (tertiary/aromatic N) is 3. The van der Waals surface area contributed by atoms with Crippen LogP contribution in [0.25, 0.3) is 0 Å². The van der Waals surface area contributed by atoms with Gasteiger partial charge in [0.1, 0.15) is 5.82 Å². The van der Waals surface area contributed by atoms with Crippen molar-refractivity contribution in [1.82, 2.24) is 9.80 Å². The molecule has 0 radical (unpaired) electrons. The molecule has 4 nitrogen and oxygen atoms in total. The maximum absolute atomic E-state index is 14.1. The van der Waals surface area contributed by atoms with E-state index in [2.05, 4.69) is 9.80 Å². The van der Waals surface area contributed by atoms with Crippen LogP contribution in [-0.2, 0) is 0 Å². The Morgan fingerprint density at radius 3 is 2.48 bits per heavy atom. The molecule has 0 saturated carbocycles. The third-order valence-corrected chi connectivity index (χ3v) is 6.42. The molecule has 0 aromatic heterocycles. The van der Waals surface area contributed by atoms with Gasteiger partial charge in [0.2, 0.25) is 0 Å². The standard InChI is InChI=1S/C22H24Cl2FN3O/c23-16-7-8-18(19(24)14-16)22(29)28-9-3-4-17(15-28)26-10-12-27(13-11-26)21-6-2-1-5-20(21)25/h1-2,5-8,14,17H,3-4,9-13,15H2. The topological polar surface area (TPSA) is 26.8 Å². The predicted molar refractivity (Wildman–Crippen MR) is 116 cm³/mol. The highest BCUT2D eigenvalue weighted by atomic mass is 35.5. The quantitative estimate of drug-likeness (QED) is 0.706. The van der Waals surface area contributed by atoms with Crippen molar-refractivity contribution >= 4 is 34.8 Å². The molecule has 0 aliphatic carbocycles. The lowest BCUT2D eigenvalue weighted by molar-refractivity contribution is 0.0563. The number of anilines is 1. The van der Waals surface area contributed by atoms with Gasteiger partial charge in [0, 0.05) is 50.3 Å². The van der Waals surface area contributed by atoms with E-state index in [1.807, 2.05) is 17.0 Å². The lowest BCUT2D eigenvalue weighted by Gasteiger charge is -2.44. The van der Waals surface area contributed by atoms with E-state index in [1.165, 1.54) is 6.07 Å². The number of halogens is 3. The maximum atomic E-state index is 14.1. The van der Waals surface area contributed by atoms with Crippen molar-refractivity contribution in [2.24, 2.45) is 0 Å². The number of rotatable bonds is 3. The minimum absolute atomic E-state index is 0.0404. The van der Waals surface area contributed by atoms with Crippen molar-refractivity contribution in [3.05, 3.63) is 63.9 Å². The molecule has 1 atom stereocenters. The third kappa shape index (κ3) is 4.52. The van der Waals surface area contributed by atoms with Gasteiger partial charge >= 0.3 is 0 Å². The third-order valence-electron chi connectivity index (χ3n) is 5.87. The number of hydrogen-bond acceptors (Lipinski definition) is 3. The summed E-state index contributed by atoms with van der Waals surface area (Å²) in [7, 11) is 0. The van der Waals surface area contributed by atoms with E-state index < -0.39 is 0 Å². The summed E-state index contributed by atoms with van der Waals surface area (Å²) in [6.07, 6.45) is 2.03. The van der Waals surface area contributed by atoms with Gasteiger partial charge in [-0.3, -0.25) is 9.69 Å². The second-order valence-electron chi connectivity index (χ2n) is 7.65. The lowest BCUT2D eigenvalue weighted by Crippen LogP contribution is -2.56. The molecule has 7 heteroatoms. The molecule has 154 valence electrons. The van der Waals surface area contributed by atoms with Crippen molar-refractivity contribution in [2.75, 3.05) is 44.2 Å². The Morgan fingerprint density at radius 2 is 1.76 bits per heavy atom. The van der Waals surface area contributed by atoms with Gasteiger partial charge in [-0.05, 0) is 43.2 Å². The zero-order valence-corrected chi connectivity index (χ0v) is 17.7. The molecule has 0 N–H and O–H groups in total. The molecule has 0 spiro atoms. The molecule has 2 aromatic carbocycles. The van der Waals surface area contributed by atoms with E-state index >= 15 is 0 Å². The highest BCUT2D eigenvalue weighted by Gasteiger charge is 2.31. The number of amides is 1. The largest absolute Gasteiger partial charge is 0.367 e. The van der Waals surface area contributed by atoms with Crippen LogP contribution in [0.3, 0.4) is 0 Å². The Kier molecular flexibility index (Phi) is 6.28. The van der Waals surface area contributed by atoms with E-state index in [0.717, 1.165) is 45.6 Å². The van der Waals surface area contributed by atoms with Crippen molar-refractivity contribution in [3.63, 3.8) is 0 Å². The number of carbonyl (C=O) groups is 1. The van der Waals surface area contributed by atoms with Crippen LogP contribution in [0.2, 0.25) is 10.0 Å². The summed E-state index contributed by atoms with van der Waals surface area (Å²) in [5, 5.41) is 0.916. The van der Waals surface area contributed by atoms with Crippen LogP contribution in [0, 0.1) is 5.82 Å². The minimum atomic E-state index is -0.171. The lowest BCUT2D eigenvalue weighted by atomic mass is 10.0. The summed E-state index contributed by atoms with van der Waals surface area (Å²) >= 11 is 12.2. The average Bonchev–Trinajstić information content (AvgIpc) is 2.74. The smallest absolute Gasteiger partial charge is 0.255 e. The van der Waals surface area contributed by atoms with Crippen LogP contribution < -0.4 is 4.90 Å². The second-order valence-corrected chi connectivity index (χ2v) is 8.49. The number of carbonyl (C=O) groups excluding carboxylic acids is 1. The SMILES string of the molecule is O=C(c1ccc(Cl)cc1Cl)N1CCCC(N2CCN(c3ccccc3F)CC2)C1. The molecule has 1 amide bonds. The number of benzene rings is 2. The first-order valence-corrected chi connectivity index (χ1v) is 10.8. The first kappa shape index (κ1) is 20.5. The van der Waals surface area contributed by atoms with Crippen LogP contribution >= 0.6 is 23.2 Å². The van der Waals surface area contributed by atoms with E-state index in [9.17, 15) is 9.18 Å². The Bertz CT molecular complexity index is 886. The van der Waals surface area contributed by atoms with Gasteiger partial charge in [-0.2, -0.15) is 0 Å². The fraction of sp³-hybridized carbons (Fsp3) is 0.409. The summed E-state index contributed by atoms with van der Waals surface area (Å²) in [5.74, 6) is -0.211. The molecule has 2 fully saturated rings. The molecule has 1 unspecified atom stereocenters. The van der Waals surface area contributed by atoms with Crippen molar-refractivity contribution < 1.29 is 9.18 Å². The van der Waals surface area contributed by atoms with Gasteiger partial charge in [-0.15, -0.1) is 0 Å². The monoisotopic (exact) mass is 435 g/mol. The first-order valence-electron chi connectivity index (χ1n) is 10.0. The fourth-order valence-electron chi connectivity index (χ4n) is 4.31. The number of piperidine rings is 1. The van der Waals surface area contributed by atoms with Gasteiger partial charge in [-0.25, -0.2) is 4.39 Å². The van der Waals surface area contributed by atoms with E-state index in [-0.39, 0.29) is 11.7 Å². The summed E-state index contributed by atoms with van der Waals surface area (Å²) in [6, 6.07) is 12.3. The van der Waals surface area contributed by atoms with Gasteiger partial charge in [0.05, 0.1) is 16.3 Å². The number of piperazine rings is 1. The van der Waals surface area contributed by atoms with Crippen molar-refractivity contribution in [3.8, 4) is 0 Å². The van der Waals surface area contributed by atoms with E-state index in [0.29, 0.717) is 33.9 Å². The first-order chi connectivity index (χ1) is 14.0. The van der Waals surface area contributed by atoms with Gasteiger partial charge in [-0.1, -0.05) is 35.3 Å². The molecule has 2 saturated heterocycles. The summed E-state index contributed by atoms with van der Waals surface area (Å²) in [5.41, 5.74) is 1.17. The normalized spacial score (nSPS) is 20.7. The molecule has 2 aromatic rings. The Labute approximate surface area is 180 Å². The van der Waals surface area contributed by atoms with Gasteiger partial charge in [0.15, 0.2) is 0 Å². The molecular weight excluding hydrogens is 412 g/mol. The molecule has 2 aliphatic rings. The van der Waals surface area contributed by atoms with E-state index in [1.54, 1.807) is 24.3 Å². The van der Waals surface area contributed by atoms with Crippen molar-refractivity contribution in [2.45, 2.75) is 18.9 Å². The van der Waals surface area contributed by atoms with Crippen LogP contribution in [0.4, 0.5) is 10.1 Å². The molecule has 4 rings (SSSR count).